The highest BCUT2D eigenvalue weighted by molar-refractivity contribution is 5.88. The van der Waals surface area contributed by atoms with Crippen molar-refractivity contribution < 1.29 is 74.2 Å². The minimum Gasteiger partial charge on any atom is -0.396 e. The Morgan fingerprint density at radius 1 is 0.551 bits per heavy atom. The van der Waals surface area contributed by atoms with Crippen molar-refractivity contribution in [1.29, 1.82) is 0 Å². The molecule has 0 spiro atoms. The van der Waals surface area contributed by atoms with Crippen molar-refractivity contribution in [2.45, 2.75) is 102 Å². The zero-order chi connectivity index (χ0) is 37.5. The van der Waals surface area contributed by atoms with Gasteiger partial charge in [0.15, 0.2) is 0 Å². The molecule has 0 aliphatic heterocycles. The first-order chi connectivity index (χ1) is 23.5. The van der Waals surface area contributed by atoms with E-state index >= 15 is 0 Å². The molecule has 0 aromatic rings. The molecule has 0 aromatic heterocycles. The third kappa shape index (κ3) is 26.4. The van der Waals surface area contributed by atoms with Crippen LogP contribution in [-0.2, 0) is 33.3 Å². The zero-order valence-electron chi connectivity index (χ0n) is 29.2. The molecule has 0 aromatic carbocycles. The number of aliphatic hydroxyl groups is 8. The number of hydrogen-bond donors (Lipinski definition) is 11. The summed E-state index contributed by atoms with van der Waals surface area (Å²) in [5, 5.41) is 84.2. The standard InChI is InChI=1S/C29H57N3O15.C2H6/c1-2-10-44-12-14-46-16-17-47-15-13-45-11-7-26(40)32-20(29(43)31-19-24(38)28(42)22(36)6-9-34)3-4-25(39)30-18-23(37)27(41)21(35)5-8-33;1-2/h20-24,27-28,33-38,41-42H,2-19H2,1H3,(H,30,39)(H,31,43)(H,32,40);1-2H3. The van der Waals surface area contributed by atoms with Gasteiger partial charge in [-0.05, 0) is 25.7 Å². The van der Waals surface area contributed by atoms with Crippen molar-refractivity contribution in [3.63, 3.8) is 0 Å². The SMILES string of the molecule is CC.CCCOCCOCCOCCOCCC(=O)NC(CCC(=O)NCC(O)C(O)C(O)CCO)C(=O)NCC(O)C(O)C(O)CCO. The number of amides is 3. The number of hydrogen-bond acceptors (Lipinski definition) is 15. The average molecular weight is 718 g/mol. The van der Waals surface area contributed by atoms with Gasteiger partial charge in [0, 0.05) is 45.8 Å². The molecule has 0 heterocycles. The molecule has 292 valence electrons. The first-order valence-corrected chi connectivity index (χ1v) is 16.9. The van der Waals surface area contributed by atoms with Crippen molar-refractivity contribution >= 4 is 17.7 Å². The summed E-state index contributed by atoms with van der Waals surface area (Å²) in [5.74, 6) is -2.04. The molecule has 3 amide bonds. The lowest BCUT2D eigenvalue weighted by atomic mass is 10.0. The number of ether oxygens (including phenoxy) is 4. The molecule has 18 nitrogen and oxygen atoms in total. The molecule has 0 saturated heterocycles. The van der Waals surface area contributed by atoms with Crippen LogP contribution >= 0.6 is 0 Å². The van der Waals surface area contributed by atoms with E-state index < -0.39 is 86.7 Å². The average Bonchev–Trinajstić information content (AvgIpc) is 3.09. The van der Waals surface area contributed by atoms with Gasteiger partial charge in [-0.15, -0.1) is 0 Å². The van der Waals surface area contributed by atoms with E-state index in [9.17, 15) is 45.0 Å². The van der Waals surface area contributed by atoms with E-state index in [1.54, 1.807) is 0 Å². The maximum Gasteiger partial charge on any atom is 0.242 e. The van der Waals surface area contributed by atoms with Gasteiger partial charge in [0.25, 0.3) is 0 Å². The molecule has 7 unspecified atom stereocenters. The van der Waals surface area contributed by atoms with E-state index in [0.717, 1.165) is 6.42 Å². The van der Waals surface area contributed by atoms with Crippen molar-refractivity contribution in [3.05, 3.63) is 0 Å². The summed E-state index contributed by atoms with van der Waals surface area (Å²) >= 11 is 0. The third-order valence-corrected chi connectivity index (χ3v) is 6.67. The van der Waals surface area contributed by atoms with Gasteiger partial charge >= 0.3 is 0 Å². The first kappa shape index (κ1) is 49.0. The van der Waals surface area contributed by atoms with Crippen LogP contribution in [0.15, 0.2) is 0 Å². The Morgan fingerprint density at radius 3 is 1.43 bits per heavy atom. The fourth-order valence-electron chi connectivity index (χ4n) is 3.88. The highest BCUT2D eigenvalue weighted by Crippen LogP contribution is 2.06. The third-order valence-electron chi connectivity index (χ3n) is 6.67. The van der Waals surface area contributed by atoms with Gasteiger partial charge in [-0.25, -0.2) is 0 Å². The van der Waals surface area contributed by atoms with Gasteiger partial charge < -0.3 is 75.8 Å². The van der Waals surface area contributed by atoms with Crippen molar-refractivity contribution in [1.82, 2.24) is 16.0 Å². The molecule has 18 heteroatoms. The number of aliphatic hydroxyl groups excluding tert-OH is 8. The summed E-state index contributed by atoms with van der Waals surface area (Å²) in [6.07, 6.45) is -9.40. The predicted octanol–water partition coefficient (Wildman–Crippen LogP) is -3.69. The highest BCUT2D eigenvalue weighted by atomic mass is 16.6. The Balaban J connectivity index is 0. The molecular formula is C31H63N3O15. The number of carbonyl (C=O) groups is 3. The molecule has 0 radical (unpaired) electrons. The molecule has 0 aliphatic carbocycles. The zero-order valence-corrected chi connectivity index (χ0v) is 29.2. The number of nitrogens with one attached hydrogen (secondary N) is 3. The summed E-state index contributed by atoms with van der Waals surface area (Å²) in [5.41, 5.74) is 0. The Kier molecular flexibility index (Phi) is 33.1. The first-order valence-electron chi connectivity index (χ1n) is 16.9. The summed E-state index contributed by atoms with van der Waals surface area (Å²) in [7, 11) is 0. The maximum atomic E-state index is 12.9. The lowest BCUT2D eigenvalue weighted by molar-refractivity contribution is -0.131. The fraction of sp³-hybridized carbons (Fsp3) is 0.903. The van der Waals surface area contributed by atoms with Crippen LogP contribution in [0.5, 0.6) is 0 Å². The summed E-state index contributed by atoms with van der Waals surface area (Å²) in [6, 6.07) is -1.27. The van der Waals surface area contributed by atoms with Gasteiger partial charge in [0.2, 0.25) is 17.7 Å². The number of carbonyl (C=O) groups excluding carboxylic acids is 3. The van der Waals surface area contributed by atoms with Gasteiger partial charge in [-0.2, -0.15) is 0 Å². The Labute approximate surface area is 289 Å². The molecule has 0 fully saturated rings. The monoisotopic (exact) mass is 717 g/mol. The van der Waals surface area contributed by atoms with Crippen molar-refractivity contribution in [2.75, 3.05) is 79.2 Å². The minimum absolute atomic E-state index is 0.00524. The lowest BCUT2D eigenvalue weighted by Gasteiger charge is -2.24. The lowest BCUT2D eigenvalue weighted by Crippen LogP contribution is -2.51. The topological polar surface area (TPSA) is 286 Å². The van der Waals surface area contributed by atoms with E-state index in [-0.39, 0.29) is 51.9 Å². The Bertz CT molecular complexity index is 814. The smallest absolute Gasteiger partial charge is 0.242 e. The van der Waals surface area contributed by atoms with Gasteiger partial charge in [0.1, 0.15) is 18.2 Å². The van der Waals surface area contributed by atoms with Crippen LogP contribution in [0, 0.1) is 0 Å². The molecule has 11 N–H and O–H groups in total. The van der Waals surface area contributed by atoms with Crippen LogP contribution in [0.3, 0.4) is 0 Å². The van der Waals surface area contributed by atoms with Crippen LogP contribution < -0.4 is 16.0 Å². The molecule has 0 rings (SSSR count). The summed E-state index contributed by atoms with van der Waals surface area (Å²) < 4.78 is 21.4. The van der Waals surface area contributed by atoms with Crippen LogP contribution in [0.4, 0.5) is 0 Å². The fourth-order valence-corrected chi connectivity index (χ4v) is 3.88. The highest BCUT2D eigenvalue weighted by Gasteiger charge is 2.28. The van der Waals surface area contributed by atoms with Crippen molar-refractivity contribution in [3.8, 4) is 0 Å². The second-order valence-corrected chi connectivity index (χ2v) is 10.7. The normalized spacial score (nSPS) is 15.5. The minimum atomic E-state index is -1.67. The molecule has 0 aliphatic rings. The second kappa shape index (κ2) is 33.1. The van der Waals surface area contributed by atoms with Gasteiger partial charge in [0.05, 0.1) is 70.7 Å². The van der Waals surface area contributed by atoms with E-state index in [2.05, 4.69) is 16.0 Å². The van der Waals surface area contributed by atoms with E-state index in [1.807, 2.05) is 20.8 Å². The summed E-state index contributed by atoms with van der Waals surface area (Å²) in [4.78, 5) is 37.8. The molecule has 0 saturated carbocycles. The van der Waals surface area contributed by atoms with Crippen LogP contribution in [0.2, 0.25) is 0 Å². The van der Waals surface area contributed by atoms with Crippen molar-refractivity contribution in [2.24, 2.45) is 0 Å². The van der Waals surface area contributed by atoms with Gasteiger partial charge in [-0.1, -0.05) is 20.8 Å². The molecule has 0 bridgehead atoms. The Morgan fingerprint density at radius 2 is 0.980 bits per heavy atom. The predicted molar refractivity (Wildman–Crippen MR) is 176 cm³/mol. The number of rotatable bonds is 31. The molecule has 7 atom stereocenters. The van der Waals surface area contributed by atoms with E-state index in [1.165, 1.54) is 0 Å². The van der Waals surface area contributed by atoms with Gasteiger partial charge in [-0.3, -0.25) is 14.4 Å². The van der Waals surface area contributed by atoms with E-state index in [0.29, 0.717) is 33.0 Å². The summed E-state index contributed by atoms with van der Waals surface area (Å²) in [6.45, 7) is 7.13. The Hall–Kier alpha value is -2.07. The van der Waals surface area contributed by atoms with Crippen LogP contribution in [-0.4, -0.2) is 180 Å². The largest absolute Gasteiger partial charge is 0.396 e. The van der Waals surface area contributed by atoms with E-state index in [4.69, 9.17) is 29.2 Å². The van der Waals surface area contributed by atoms with Crippen LogP contribution in [0.25, 0.3) is 0 Å². The molecule has 49 heavy (non-hydrogen) atoms. The molecular weight excluding hydrogens is 654 g/mol. The second-order valence-electron chi connectivity index (χ2n) is 10.7. The maximum absolute atomic E-state index is 12.9. The van der Waals surface area contributed by atoms with Crippen LogP contribution in [0.1, 0.15) is 59.3 Å². The quantitative estimate of drug-likeness (QED) is 0.0308.